The van der Waals surface area contributed by atoms with Gasteiger partial charge in [0.15, 0.2) is 11.2 Å². The van der Waals surface area contributed by atoms with Gasteiger partial charge in [-0.2, -0.15) is 0 Å². The molecule has 0 N–H and O–H groups in total. The van der Waals surface area contributed by atoms with E-state index in [2.05, 4.69) is 41.3 Å². The van der Waals surface area contributed by atoms with Gasteiger partial charge >= 0.3 is 5.69 Å². The maximum Gasteiger partial charge on any atom is 0.332 e. The van der Waals surface area contributed by atoms with E-state index in [4.69, 9.17) is 4.98 Å². The molecule has 170 valence electrons. The molecule has 33 heavy (non-hydrogen) atoms. The Hall–Kier alpha value is -3.45. The van der Waals surface area contributed by atoms with Gasteiger partial charge < -0.3 is 4.57 Å². The van der Waals surface area contributed by atoms with Crippen molar-refractivity contribution in [3.63, 3.8) is 0 Å². The van der Waals surface area contributed by atoms with Crippen LogP contribution in [0.4, 0.5) is 0 Å². The first-order valence-corrected chi connectivity index (χ1v) is 11.5. The quantitative estimate of drug-likeness (QED) is 0.460. The molecule has 4 aromatic rings. The molecule has 0 saturated heterocycles. The molecule has 3 heterocycles. The van der Waals surface area contributed by atoms with Gasteiger partial charge in [0.2, 0.25) is 0 Å². The second-order valence-electron chi connectivity index (χ2n) is 8.88. The van der Waals surface area contributed by atoms with E-state index in [1.54, 1.807) is 7.05 Å². The van der Waals surface area contributed by atoms with E-state index in [0.717, 1.165) is 38.2 Å². The molecule has 2 aromatic heterocycles. The number of rotatable bonds is 6. The highest BCUT2D eigenvalue weighted by Crippen LogP contribution is 2.21. The minimum absolute atomic E-state index is 0.282. The normalized spacial score (nSPS) is 14.0. The summed E-state index contributed by atoms with van der Waals surface area (Å²) in [6.07, 6.45) is 2.81. The van der Waals surface area contributed by atoms with Crippen molar-refractivity contribution in [1.29, 1.82) is 0 Å². The Morgan fingerprint density at radius 3 is 2.42 bits per heavy atom. The van der Waals surface area contributed by atoms with Crippen molar-refractivity contribution >= 4 is 11.2 Å². The predicted molar refractivity (Wildman–Crippen MR) is 129 cm³/mol. The van der Waals surface area contributed by atoms with Gasteiger partial charge in [-0.3, -0.25) is 18.8 Å². The number of aromatic nitrogens is 4. The molecule has 1 aliphatic heterocycles. The van der Waals surface area contributed by atoms with Gasteiger partial charge in [0, 0.05) is 33.7 Å². The smallest absolute Gasteiger partial charge is 0.321 e. The molecule has 2 aromatic carbocycles. The molecule has 1 aliphatic rings. The summed E-state index contributed by atoms with van der Waals surface area (Å²) in [5.41, 5.74) is 4.38. The fraction of sp³-hybridized carbons (Fsp3) is 0.346. The highest BCUT2D eigenvalue weighted by atomic mass is 16.2. The number of aryl methyl sites for hydroxylation is 3. The Balaban J connectivity index is 1.49. The minimum atomic E-state index is -0.347. The summed E-state index contributed by atoms with van der Waals surface area (Å²) in [4.78, 5) is 32.8. The van der Waals surface area contributed by atoms with Crippen LogP contribution in [0.15, 0.2) is 64.2 Å². The Kier molecular flexibility index (Phi) is 5.72. The summed E-state index contributed by atoms with van der Waals surface area (Å²) >= 11 is 0. The van der Waals surface area contributed by atoms with Crippen LogP contribution in [0.2, 0.25) is 0 Å². The summed E-state index contributed by atoms with van der Waals surface area (Å²) in [6, 6.07) is 18.9. The van der Waals surface area contributed by atoms with Crippen molar-refractivity contribution in [3.05, 3.63) is 98.0 Å². The summed E-state index contributed by atoms with van der Waals surface area (Å²) in [7, 11) is 3.22. The molecule has 0 saturated carbocycles. The van der Waals surface area contributed by atoms with Gasteiger partial charge in [0.1, 0.15) is 5.82 Å². The van der Waals surface area contributed by atoms with Crippen molar-refractivity contribution in [2.24, 2.45) is 14.1 Å². The lowest BCUT2D eigenvalue weighted by Gasteiger charge is -2.28. The number of nitrogens with zero attached hydrogens (tertiary/aromatic N) is 5. The number of benzene rings is 2. The zero-order valence-electron chi connectivity index (χ0n) is 19.2. The van der Waals surface area contributed by atoms with Gasteiger partial charge in [-0.25, -0.2) is 9.78 Å². The SMILES string of the molecule is Cn1c(=O)c2c(nc(CN3CCc4ccccc4C3)n2CCCc2ccccc2)n(C)c1=O. The van der Waals surface area contributed by atoms with Crippen molar-refractivity contribution in [2.45, 2.75) is 38.9 Å². The van der Waals surface area contributed by atoms with Crippen LogP contribution < -0.4 is 11.2 Å². The van der Waals surface area contributed by atoms with Crippen LogP contribution >= 0.6 is 0 Å². The van der Waals surface area contributed by atoms with E-state index in [9.17, 15) is 9.59 Å². The molecule has 0 atom stereocenters. The number of imidazole rings is 1. The van der Waals surface area contributed by atoms with E-state index >= 15 is 0 Å². The van der Waals surface area contributed by atoms with Gasteiger partial charge in [0.05, 0.1) is 6.54 Å². The third-order valence-electron chi connectivity index (χ3n) is 6.69. The second-order valence-corrected chi connectivity index (χ2v) is 8.88. The van der Waals surface area contributed by atoms with Crippen molar-refractivity contribution in [2.75, 3.05) is 6.54 Å². The Bertz CT molecular complexity index is 1410. The highest BCUT2D eigenvalue weighted by molar-refractivity contribution is 5.71. The molecule has 0 spiro atoms. The fourth-order valence-electron chi connectivity index (χ4n) is 4.83. The summed E-state index contributed by atoms with van der Waals surface area (Å²) in [5, 5.41) is 0. The van der Waals surface area contributed by atoms with Gasteiger partial charge in [-0.05, 0) is 36.0 Å². The molecule has 0 aliphatic carbocycles. The molecule has 0 radical (unpaired) electrons. The van der Waals surface area contributed by atoms with Crippen LogP contribution in [-0.4, -0.2) is 30.1 Å². The molecule has 0 amide bonds. The summed E-state index contributed by atoms with van der Waals surface area (Å²) < 4.78 is 4.71. The topological polar surface area (TPSA) is 65.1 Å². The molecule has 5 rings (SSSR count). The summed E-state index contributed by atoms with van der Waals surface area (Å²) in [6.45, 7) is 3.13. The zero-order chi connectivity index (χ0) is 22.9. The average Bonchev–Trinajstić information content (AvgIpc) is 3.20. The molecular formula is C26H29N5O2. The maximum atomic E-state index is 13.1. The lowest BCUT2D eigenvalue weighted by molar-refractivity contribution is 0.236. The standard InChI is InChI=1S/C26H29N5O2/c1-28-24-23(25(32)29(2)26(28)33)31(15-8-11-19-9-4-3-5-10-19)22(27-24)18-30-16-14-20-12-6-7-13-21(20)17-30/h3-7,9-10,12-13H,8,11,14-18H2,1-2H3. The van der Waals surface area contributed by atoms with Crippen molar-refractivity contribution in [1.82, 2.24) is 23.6 Å². The lowest BCUT2D eigenvalue weighted by Crippen LogP contribution is -2.37. The molecule has 0 bridgehead atoms. The average molecular weight is 444 g/mol. The van der Waals surface area contributed by atoms with Crippen LogP contribution in [0.25, 0.3) is 11.2 Å². The first kappa shape index (κ1) is 21.4. The largest absolute Gasteiger partial charge is 0.332 e. The molecule has 0 fully saturated rings. The fourth-order valence-corrected chi connectivity index (χ4v) is 4.83. The van der Waals surface area contributed by atoms with Crippen molar-refractivity contribution < 1.29 is 0 Å². The van der Waals surface area contributed by atoms with Gasteiger partial charge in [-0.1, -0.05) is 54.6 Å². The Morgan fingerprint density at radius 2 is 1.64 bits per heavy atom. The van der Waals surface area contributed by atoms with E-state index in [1.807, 2.05) is 22.8 Å². The van der Waals surface area contributed by atoms with Crippen molar-refractivity contribution in [3.8, 4) is 0 Å². The third kappa shape index (κ3) is 4.04. The monoisotopic (exact) mass is 443 g/mol. The molecular weight excluding hydrogens is 414 g/mol. The molecule has 0 unspecified atom stereocenters. The van der Waals surface area contributed by atoms with E-state index in [1.165, 1.54) is 32.9 Å². The number of fused-ring (bicyclic) bond motifs is 2. The molecule has 7 nitrogen and oxygen atoms in total. The first-order chi connectivity index (χ1) is 16.0. The maximum absolute atomic E-state index is 13.1. The third-order valence-corrected chi connectivity index (χ3v) is 6.69. The number of hydrogen-bond donors (Lipinski definition) is 0. The van der Waals surface area contributed by atoms with Crippen LogP contribution in [0.3, 0.4) is 0 Å². The minimum Gasteiger partial charge on any atom is -0.321 e. The van der Waals surface area contributed by atoms with Crippen LogP contribution in [0, 0.1) is 0 Å². The number of hydrogen-bond acceptors (Lipinski definition) is 4. The zero-order valence-corrected chi connectivity index (χ0v) is 19.2. The van der Waals surface area contributed by atoms with Crippen LogP contribution in [0.5, 0.6) is 0 Å². The van der Waals surface area contributed by atoms with Gasteiger partial charge in [0.25, 0.3) is 5.56 Å². The van der Waals surface area contributed by atoms with Gasteiger partial charge in [-0.15, -0.1) is 0 Å². The Morgan fingerprint density at radius 1 is 0.909 bits per heavy atom. The van der Waals surface area contributed by atoms with Crippen LogP contribution in [-0.2, 0) is 46.6 Å². The highest BCUT2D eigenvalue weighted by Gasteiger charge is 2.22. The lowest BCUT2D eigenvalue weighted by atomic mass is 10.00. The predicted octanol–water partition coefficient (Wildman–Crippen LogP) is 2.62. The van der Waals surface area contributed by atoms with E-state index in [-0.39, 0.29) is 11.2 Å². The van der Waals surface area contributed by atoms with Crippen LogP contribution in [0.1, 0.15) is 28.9 Å². The van der Waals surface area contributed by atoms with E-state index in [0.29, 0.717) is 24.3 Å². The molecule has 7 heteroatoms. The van der Waals surface area contributed by atoms with E-state index < -0.39 is 0 Å². The summed E-state index contributed by atoms with van der Waals surface area (Å²) in [5.74, 6) is 0.843. The first-order valence-electron chi connectivity index (χ1n) is 11.5. The second kappa shape index (κ2) is 8.83. The Labute approximate surface area is 192 Å².